The molecule has 41 heavy (non-hydrogen) atoms. The normalized spacial score (nSPS) is 14.9. The number of fused-ring (bicyclic) bond motifs is 1. The first-order valence-electron chi connectivity index (χ1n) is 12.7. The molecule has 10 heteroatoms. The second-order valence-corrected chi connectivity index (χ2v) is 12.0. The summed E-state index contributed by atoms with van der Waals surface area (Å²) >= 11 is 5.09. The Balaban J connectivity index is 1.80. The SMILES string of the molecule is CCOC(=O)C1=C(c2ccccc2)N=c2s/c(=C\c3cc(I)c(OC)c(OC)c3)c(=O)n2[C@H]1c1ccc(SC)cc1. The number of ether oxygens (including phenoxy) is 3. The third kappa shape index (κ3) is 5.73. The molecule has 7 nitrogen and oxygen atoms in total. The van der Waals surface area contributed by atoms with Gasteiger partial charge in [0.1, 0.15) is 0 Å². The minimum Gasteiger partial charge on any atom is -0.493 e. The number of methoxy groups -OCH3 is 2. The topological polar surface area (TPSA) is 79.1 Å². The summed E-state index contributed by atoms with van der Waals surface area (Å²) in [6.45, 7) is 1.97. The minimum atomic E-state index is -0.718. The lowest BCUT2D eigenvalue weighted by atomic mass is 9.93. The predicted molar refractivity (Wildman–Crippen MR) is 172 cm³/mol. The van der Waals surface area contributed by atoms with Gasteiger partial charge in [0, 0.05) is 10.5 Å². The Morgan fingerprint density at radius 1 is 1.10 bits per heavy atom. The van der Waals surface area contributed by atoms with Gasteiger partial charge in [-0.05, 0) is 77.2 Å². The van der Waals surface area contributed by atoms with Crippen molar-refractivity contribution in [1.82, 2.24) is 4.57 Å². The first-order valence-corrected chi connectivity index (χ1v) is 15.9. The zero-order valence-electron chi connectivity index (χ0n) is 22.8. The highest BCUT2D eigenvalue weighted by molar-refractivity contribution is 14.1. The number of halogens is 1. The van der Waals surface area contributed by atoms with Crippen LogP contribution in [0.15, 0.2) is 87.0 Å². The molecule has 0 fully saturated rings. The quantitative estimate of drug-likeness (QED) is 0.142. The number of carbonyl (C=O) groups excluding carboxylic acids is 1. The van der Waals surface area contributed by atoms with E-state index >= 15 is 0 Å². The molecule has 4 aromatic rings. The summed E-state index contributed by atoms with van der Waals surface area (Å²) < 4.78 is 19.5. The van der Waals surface area contributed by atoms with E-state index in [1.165, 1.54) is 11.3 Å². The van der Waals surface area contributed by atoms with Crippen molar-refractivity contribution in [1.29, 1.82) is 0 Å². The van der Waals surface area contributed by atoms with Crippen LogP contribution in [0.5, 0.6) is 11.5 Å². The lowest BCUT2D eigenvalue weighted by Crippen LogP contribution is -2.40. The van der Waals surface area contributed by atoms with E-state index in [1.54, 1.807) is 37.5 Å². The number of benzene rings is 3. The molecule has 0 saturated carbocycles. The van der Waals surface area contributed by atoms with Crippen LogP contribution in [-0.2, 0) is 9.53 Å². The van der Waals surface area contributed by atoms with Crippen molar-refractivity contribution in [3.8, 4) is 11.5 Å². The Hall–Kier alpha value is -3.35. The molecule has 3 aromatic carbocycles. The maximum Gasteiger partial charge on any atom is 0.338 e. The Bertz CT molecular complexity index is 1810. The maximum atomic E-state index is 14.1. The number of hydrogen-bond donors (Lipinski definition) is 0. The highest BCUT2D eigenvalue weighted by atomic mass is 127. The number of thiazole rings is 1. The smallest absolute Gasteiger partial charge is 0.338 e. The van der Waals surface area contributed by atoms with Crippen LogP contribution in [0.25, 0.3) is 11.8 Å². The summed E-state index contributed by atoms with van der Waals surface area (Å²) in [6.07, 6.45) is 3.82. The molecule has 5 rings (SSSR count). The molecular formula is C31H27IN2O5S2. The van der Waals surface area contributed by atoms with Crippen molar-refractivity contribution in [3.63, 3.8) is 0 Å². The lowest BCUT2D eigenvalue weighted by molar-refractivity contribution is -0.138. The summed E-state index contributed by atoms with van der Waals surface area (Å²) in [4.78, 5) is 34.2. The molecule has 0 bridgehead atoms. The van der Waals surface area contributed by atoms with Gasteiger partial charge in [0.25, 0.3) is 5.56 Å². The van der Waals surface area contributed by atoms with Gasteiger partial charge in [0.05, 0.1) is 46.2 Å². The van der Waals surface area contributed by atoms with Crippen LogP contribution in [0.4, 0.5) is 0 Å². The number of nitrogens with zero attached hydrogens (tertiary/aromatic N) is 2. The van der Waals surface area contributed by atoms with Crippen LogP contribution < -0.4 is 24.4 Å². The summed E-state index contributed by atoms with van der Waals surface area (Å²) in [7, 11) is 3.17. The average Bonchev–Trinajstić information content (AvgIpc) is 3.30. The first-order chi connectivity index (χ1) is 19.9. The van der Waals surface area contributed by atoms with E-state index in [1.807, 2.05) is 79.1 Å². The number of thioether (sulfide) groups is 1. The van der Waals surface area contributed by atoms with Gasteiger partial charge >= 0.3 is 5.97 Å². The van der Waals surface area contributed by atoms with Crippen molar-refractivity contribution in [2.75, 3.05) is 27.1 Å². The highest BCUT2D eigenvalue weighted by Crippen LogP contribution is 2.36. The molecular weight excluding hydrogens is 671 g/mol. The van der Waals surface area contributed by atoms with Crippen molar-refractivity contribution in [2.24, 2.45) is 4.99 Å². The molecule has 2 heterocycles. The first kappa shape index (κ1) is 29.2. The van der Waals surface area contributed by atoms with Crippen molar-refractivity contribution >= 4 is 63.4 Å². The summed E-state index contributed by atoms with van der Waals surface area (Å²) in [5.41, 5.74) is 2.93. The molecule has 1 atom stereocenters. The van der Waals surface area contributed by atoms with Crippen LogP contribution in [0, 0.1) is 3.57 Å². The van der Waals surface area contributed by atoms with E-state index in [-0.39, 0.29) is 12.2 Å². The molecule has 0 spiro atoms. The summed E-state index contributed by atoms with van der Waals surface area (Å²) in [6, 6.07) is 20.5. The van der Waals surface area contributed by atoms with Crippen LogP contribution in [0.3, 0.4) is 0 Å². The molecule has 1 aliphatic heterocycles. The van der Waals surface area contributed by atoms with E-state index in [4.69, 9.17) is 19.2 Å². The summed E-state index contributed by atoms with van der Waals surface area (Å²) in [5.74, 6) is 0.700. The van der Waals surface area contributed by atoms with Gasteiger partial charge in [-0.15, -0.1) is 11.8 Å². The van der Waals surface area contributed by atoms with Crippen LogP contribution >= 0.6 is 45.7 Å². The minimum absolute atomic E-state index is 0.199. The summed E-state index contributed by atoms with van der Waals surface area (Å²) in [5, 5.41) is 0. The third-order valence-corrected chi connectivity index (χ3v) is 9.09. The second kappa shape index (κ2) is 12.7. The molecule has 0 N–H and O–H groups in total. The van der Waals surface area contributed by atoms with Crippen molar-refractivity contribution in [3.05, 3.63) is 112 Å². The second-order valence-electron chi connectivity index (χ2n) is 8.94. The van der Waals surface area contributed by atoms with E-state index < -0.39 is 12.0 Å². The molecule has 1 aromatic heterocycles. The largest absolute Gasteiger partial charge is 0.493 e. The fraction of sp³-hybridized carbons (Fsp3) is 0.194. The van der Waals surface area contributed by atoms with Gasteiger partial charge in [-0.1, -0.05) is 53.8 Å². The van der Waals surface area contributed by atoms with Crippen LogP contribution in [0.2, 0.25) is 0 Å². The Kier molecular flexibility index (Phi) is 9.00. The Morgan fingerprint density at radius 2 is 1.83 bits per heavy atom. The number of esters is 1. The molecule has 210 valence electrons. The standard InChI is InChI=1S/C31H27IN2O5S2/c1-5-39-30(36)25-26(19-9-7-6-8-10-19)33-31-34(27(25)20-11-13-21(40-4)14-12-20)29(35)24(41-31)17-18-15-22(32)28(38-3)23(16-18)37-2/h6-17,27H,5H2,1-4H3/b24-17-/t27-/m0/s1. The predicted octanol–water partition coefficient (Wildman–Crippen LogP) is 5.28. The van der Waals surface area contributed by atoms with Crippen LogP contribution in [-0.4, -0.2) is 37.6 Å². The van der Waals surface area contributed by atoms with Gasteiger partial charge in [-0.3, -0.25) is 9.36 Å². The van der Waals surface area contributed by atoms with Gasteiger partial charge < -0.3 is 14.2 Å². The van der Waals surface area contributed by atoms with Gasteiger partial charge in [0.15, 0.2) is 16.3 Å². The molecule has 0 unspecified atom stereocenters. The molecule has 1 aliphatic rings. The average molecular weight is 699 g/mol. The van der Waals surface area contributed by atoms with Crippen molar-refractivity contribution < 1.29 is 19.0 Å². The number of rotatable bonds is 8. The van der Waals surface area contributed by atoms with E-state index in [0.717, 1.165) is 25.2 Å². The van der Waals surface area contributed by atoms with Gasteiger partial charge in [-0.25, -0.2) is 9.79 Å². The fourth-order valence-corrected chi connectivity index (χ4v) is 6.97. The van der Waals surface area contributed by atoms with E-state index in [2.05, 4.69) is 22.6 Å². The van der Waals surface area contributed by atoms with Gasteiger partial charge in [0.2, 0.25) is 0 Å². The Labute approximate surface area is 259 Å². The zero-order valence-corrected chi connectivity index (χ0v) is 26.6. The van der Waals surface area contributed by atoms with Crippen molar-refractivity contribution in [2.45, 2.75) is 17.9 Å². The molecule has 0 aliphatic carbocycles. The lowest BCUT2D eigenvalue weighted by Gasteiger charge is -2.26. The maximum absolute atomic E-state index is 14.1. The molecule has 0 saturated heterocycles. The van der Waals surface area contributed by atoms with E-state index in [0.29, 0.717) is 32.1 Å². The van der Waals surface area contributed by atoms with E-state index in [9.17, 15) is 9.59 Å². The highest BCUT2D eigenvalue weighted by Gasteiger charge is 2.35. The number of aromatic nitrogens is 1. The van der Waals surface area contributed by atoms with Crippen LogP contribution in [0.1, 0.15) is 29.7 Å². The molecule has 0 radical (unpaired) electrons. The zero-order chi connectivity index (χ0) is 29.1. The number of hydrogen-bond acceptors (Lipinski definition) is 8. The number of carbonyl (C=O) groups is 1. The Morgan fingerprint density at radius 3 is 2.46 bits per heavy atom. The fourth-order valence-electron chi connectivity index (χ4n) is 4.71. The third-order valence-electron chi connectivity index (χ3n) is 6.56. The van der Waals surface area contributed by atoms with Gasteiger partial charge in [-0.2, -0.15) is 0 Å². The monoisotopic (exact) mass is 698 g/mol. The molecule has 0 amide bonds.